The number of halogens is 4. The maximum atomic E-state index is 11.9. The van der Waals surface area contributed by atoms with Gasteiger partial charge in [-0.1, -0.05) is 0 Å². The summed E-state index contributed by atoms with van der Waals surface area (Å²) >= 11 is 1.57. The number of hydrogen-bond acceptors (Lipinski definition) is 3. The lowest BCUT2D eigenvalue weighted by Gasteiger charge is -2.11. The zero-order valence-electron chi connectivity index (χ0n) is 7.43. The van der Waals surface area contributed by atoms with Crippen molar-refractivity contribution in [3.8, 4) is 5.75 Å². The Morgan fingerprint density at radius 1 is 1.53 bits per heavy atom. The van der Waals surface area contributed by atoms with E-state index in [4.69, 9.17) is 0 Å². The Bertz CT molecular complexity index is 392. The summed E-state index contributed by atoms with van der Waals surface area (Å²) < 4.78 is 39.5. The molecule has 0 saturated carbocycles. The largest absolute Gasteiger partial charge is 0.573 e. The molecule has 0 aromatic carbocycles. The molecule has 0 aliphatic rings. The molecule has 1 aromatic heterocycles. The van der Waals surface area contributed by atoms with Crippen molar-refractivity contribution in [3.63, 3.8) is 0 Å². The highest BCUT2D eigenvalue weighted by Crippen LogP contribution is 2.27. The Hall–Kier alpha value is -0.860. The van der Waals surface area contributed by atoms with Crippen molar-refractivity contribution < 1.29 is 22.7 Å². The van der Waals surface area contributed by atoms with E-state index in [-0.39, 0.29) is 9.39 Å². The van der Waals surface area contributed by atoms with E-state index in [1.165, 1.54) is 6.92 Å². The van der Waals surface area contributed by atoms with Gasteiger partial charge in [0.25, 0.3) is 0 Å². The number of carbonyl (C=O) groups is 1. The highest BCUT2D eigenvalue weighted by Gasteiger charge is 2.32. The molecule has 0 saturated heterocycles. The lowest BCUT2D eigenvalue weighted by Crippen LogP contribution is -2.18. The molecule has 0 fully saturated rings. The first-order valence-corrected chi connectivity index (χ1v) is 4.79. The Morgan fingerprint density at radius 3 is 2.60 bits per heavy atom. The normalized spacial score (nSPS) is 11.3. The number of alkyl halides is 3. The van der Waals surface area contributed by atoms with E-state index in [2.05, 4.69) is 9.72 Å². The molecule has 0 unspecified atom stereocenters. The number of ether oxygens (including phenoxy) is 1. The van der Waals surface area contributed by atoms with Crippen molar-refractivity contribution in [2.75, 3.05) is 0 Å². The van der Waals surface area contributed by atoms with Crippen molar-refractivity contribution in [3.05, 3.63) is 21.0 Å². The lowest BCUT2D eigenvalue weighted by molar-refractivity contribution is -0.275. The molecular formula is C8H5F3INO2. The summed E-state index contributed by atoms with van der Waals surface area (Å²) in [4.78, 5) is 14.1. The summed E-state index contributed by atoms with van der Waals surface area (Å²) in [5.41, 5.74) is 0.443. The molecule has 1 aromatic rings. The molecule has 0 aliphatic heterocycles. The van der Waals surface area contributed by atoms with Crippen LogP contribution in [0.4, 0.5) is 13.2 Å². The van der Waals surface area contributed by atoms with Gasteiger partial charge >= 0.3 is 6.36 Å². The highest BCUT2D eigenvalue weighted by atomic mass is 127. The van der Waals surface area contributed by atoms with Crippen molar-refractivity contribution in [1.29, 1.82) is 0 Å². The Balaban J connectivity index is 3.11. The number of pyridine rings is 1. The first-order valence-electron chi connectivity index (χ1n) is 3.71. The van der Waals surface area contributed by atoms with Crippen LogP contribution in [0.25, 0.3) is 0 Å². The van der Waals surface area contributed by atoms with E-state index in [0.717, 1.165) is 6.07 Å². The molecule has 0 N–H and O–H groups in total. The summed E-state index contributed by atoms with van der Waals surface area (Å²) in [5.74, 6) is -0.397. The van der Waals surface area contributed by atoms with Gasteiger partial charge in [0.2, 0.25) is 0 Å². The molecule has 3 nitrogen and oxygen atoms in total. The van der Waals surface area contributed by atoms with Gasteiger partial charge in [-0.2, -0.15) is 0 Å². The minimum Gasteiger partial charge on any atom is -0.403 e. The predicted molar refractivity (Wildman–Crippen MR) is 53.8 cm³/mol. The molecular weight excluding hydrogens is 326 g/mol. The first kappa shape index (κ1) is 12.2. The molecule has 0 spiro atoms. The molecule has 82 valence electrons. The molecule has 1 rings (SSSR count). The summed E-state index contributed by atoms with van der Waals surface area (Å²) in [6.45, 7) is 1.48. The van der Waals surface area contributed by atoms with Crippen LogP contribution in [0.15, 0.2) is 6.07 Å². The van der Waals surface area contributed by atoms with E-state index < -0.39 is 12.1 Å². The van der Waals surface area contributed by atoms with Crippen molar-refractivity contribution in [1.82, 2.24) is 4.98 Å². The average Bonchev–Trinajstić information content (AvgIpc) is 2.08. The van der Waals surface area contributed by atoms with Crippen molar-refractivity contribution in [2.45, 2.75) is 13.3 Å². The topological polar surface area (TPSA) is 39.2 Å². The van der Waals surface area contributed by atoms with Gasteiger partial charge in [-0.25, -0.2) is 4.98 Å². The fourth-order valence-corrected chi connectivity index (χ4v) is 1.42. The van der Waals surface area contributed by atoms with Crippen LogP contribution in [0.2, 0.25) is 0 Å². The maximum absolute atomic E-state index is 11.9. The van der Waals surface area contributed by atoms with Gasteiger partial charge < -0.3 is 4.74 Å². The van der Waals surface area contributed by atoms with Gasteiger partial charge in [0, 0.05) is 0 Å². The molecule has 0 atom stereocenters. The second-order valence-corrected chi connectivity index (χ2v) is 3.67. The zero-order chi connectivity index (χ0) is 11.6. The van der Waals surface area contributed by atoms with Gasteiger partial charge in [-0.05, 0) is 41.1 Å². The Morgan fingerprint density at radius 2 is 2.13 bits per heavy atom. The van der Waals surface area contributed by atoms with E-state index in [0.29, 0.717) is 11.8 Å². The average molecular weight is 331 g/mol. The second kappa shape index (κ2) is 4.33. The molecule has 0 bridgehead atoms. The zero-order valence-corrected chi connectivity index (χ0v) is 9.59. The fraction of sp³-hybridized carbons (Fsp3) is 0.250. The molecule has 0 amide bonds. The van der Waals surface area contributed by atoms with Crippen LogP contribution in [0.1, 0.15) is 16.1 Å². The lowest BCUT2D eigenvalue weighted by atomic mass is 10.2. The summed E-state index contributed by atoms with van der Waals surface area (Å²) in [6.07, 6.45) is -4.27. The fourth-order valence-electron chi connectivity index (χ4n) is 0.895. The van der Waals surface area contributed by atoms with Crippen molar-refractivity contribution >= 4 is 28.9 Å². The number of rotatable bonds is 2. The minimum atomic E-state index is -4.75. The summed E-state index contributed by atoms with van der Waals surface area (Å²) in [7, 11) is 0. The van der Waals surface area contributed by atoms with Gasteiger partial charge in [0.15, 0.2) is 12.0 Å². The van der Waals surface area contributed by atoms with Crippen molar-refractivity contribution in [2.24, 2.45) is 0 Å². The van der Waals surface area contributed by atoms with Gasteiger partial charge in [0.05, 0.1) is 0 Å². The Labute approximate surface area is 96.8 Å². The molecule has 7 heteroatoms. The van der Waals surface area contributed by atoms with E-state index in [1.807, 2.05) is 0 Å². The number of carbonyl (C=O) groups excluding carboxylic acids is 1. The quantitative estimate of drug-likeness (QED) is 0.475. The summed E-state index contributed by atoms with van der Waals surface area (Å²) in [6, 6.07) is 1.13. The van der Waals surface area contributed by atoms with Crippen LogP contribution in [0, 0.1) is 10.6 Å². The number of aromatic nitrogens is 1. The monoisotopic (exact) mass is 331 g/mol. The molecule has 15 heavy (non-hydrogen) atoms. The van der Waals surface area contributed by atoms with Crippen LogP contribution in [-0.4, -0.2) is 17.6 Å². The minimum absolute atomic E-state index is 0.00220. The van der Waals surface area contributed by atoms with E-state index >= 15 is 0 Å². The van der Waals surface area contributed by atoms with Crippen LogP contribution in [0.3, 0.4) is 0 Å². The van der Waals surface area contributed by atoms with Crippen LogP contribution >= 0.6 is 22.6 Å². The number of nitrogens with zero attached hydrogens (tertiary/aromatic N) is 1. The van der Waals surface area contributed by atoms with Crippen LogP contribution < -0.4 is 4.74 Å². The third kappa shape index (κ3) is 3.33. The number of aldehydes is 1. The third-order valence-corrected chi connectivity index (χ3v) is 2.28. The predicted octanol–water partition coefficient (Wildman–Crippen LogP) is 2.71. The van der Waals surface area contributed by atoms with Gasteiger partial charge in [0.1, 0.15) is 9.39 Å². The number of hydrogen-bond donors (Lipinski definition) is 0. The second-order valence-electron chi connectivity index (χ2n) is 2.65. The third-order valence-electron chi connectivity index (χ3n) is 1.51. The smallest absolute Gasteiger partial charge is 0.403 e. The van der Waals surface area contributed by atoms with Gasteiger partial charge in [-0.3, -0.25) is 4.79 Å². The van der Waals surface area contributed by atoms with Crippen LogP contribution in [-0.2, 0) is 0 Å². The maximum Gasteiger partial charge on any atom is 0.573 e. The molecule has 0 aliphatic carbocycles. The SMILES string of the molecule is Cc1cc(OC(F)(F)F)c(I)nc1C=O. The van der Waals surface area contributed by atoms with Crippen LogP contribution in [0.5, 0.6) is 5.75 Å². The molecule has 1 heterocycles. The summed E-state index contributed by atoms with van der Waals surface area (Å²) in [5, 5.41) is 0. The number of aryl methyl sites for hydroxylation is 1. The van der Waals surface area contributed by atoms with E-state index in [9.17, 15) is 18.0 Å². The highest BCUT2D eigenvalue weighted by molar-refractivity contribution is 14.1. The standard InChI is InChI=1S/C8H5F3INO2/c1-4-2-6(15-8(9,10)11)7(12)13-5(4)3-14/h2-3H,1H3. The van der Waals surface area contributed by atoms with E-state index in [1.54, 1.807) is 22.6 Å². The first-order chi connectivity index (χ1) is 6.83. The molecule has 0 radical (unpaired) electrons. The van der Waals surface area contributed by atoms with Gasteiger partial charge in [-0.15, -0.1) is 13.2 Å². The Kier molecular flexibility index (Phi) is 3.53.